The molecule has 0 amide bonds. The van der Waals surface area contributed by atoms with Crippen LogP contribution in [0.4, 0.5) is 4.39 Å². The molecule has 0 aliphatic carbocycles. The van der Waals surface area contributed by atoms with Gasteiger partial charge < -0.3 is 10.4 Å². The fraction of sp³-hybridized carbons (Fsp3) is 0.571. The van der Waals surface area contributed by atoms with Crippen LogP contribution in [0.1, 0.15) is 12.0 Å². The number of piperazine rings is 1. The summed E-state index contributed by atoms with van der Waals surface area (Å²) >= 11 is 6.03. The van der Waals surface area contributed by atoms with Crippen LogP contribution >= 0.6 is 11.6 Å². The Labute approximate surface area is 118 Å². The lowest BCUT2D eigenvalue weighted by atomic mass is 10.1. The fourth-order valence-corrected chi connectivity index (χ4v) is 2.82. The number of nitrogens with one attached hydrogen (secondary N) is 1. The maximum absolute atomic E-state index is 13.7. The van der Waals surface area contributed by atoms with Crippen molar-refractivity contribution in [2.45, 2.75) is 18.9 Å². The van der Waals surface area contributed by atoms with Gasteiger partial charge in [0.1, 0.15) is 5.82 Å². The van der Waals surface area contributed by atoms with Crippen molar-refractivity contribution in [1.29, 1.82) is 0 Å². The van der Waals surface area contributed by atoms with Gasteiger partial charge in [-0.05, 0) is 25.0 Å². The minimum atomic E-state index is -0.235. The summed E-state index contributed by atoms with van der Waals surface area (Å²) < 4.78 is 13.7. The molecule has 106 valence electrons. The normalized spacial score (nSPS) is 20.7. The van der Waals surface area contributed by atoms with Crippen LogP contribution in [0.5, 0.6) is 0 Å². The molecule has 0 spiro atoms. The maximum Gasteiger partial charge on any atom is 0.127 e. The second kappa shape index (κ2) is 7.20. The van der Waals surface area contributed by atoms with E-state index in [0.717, 1.165) is 32.6 Å². The Kier molecular flexibility index (Phi) is 5.58. The van der Waals surface area contributed by atoms with Crippen LogP contribution in [-0.4, -0.2) is 48.8 Å². The smallest absolute Gasteiger partial charge is 0.127 e. The first-order chi connectivity index (χ1) is 9.22. The van der Waals surface area contributed by atoms with Crippen molar-refractivity contribution < 1.29 is 9.50 Å². The summed E-state index contributed by atoms with van der Waals surface area (Å²) in [5.74, 6) is -0.235. The third-order valence-corrected chi connectivity index (χ3v) is 4.00. The third-order valence-electron chi connectivity index (χ3n) is 3.65. The lowest BCUT2D eigenvalue weighted by Crippen LogP contribution is -2.52. The van der Waals surface area contributed by atoms with E-state index in [9.17, 15) is 4.39 Å². The molecule has 1 aromatic rings. The largest absolute Gasteiger partial charge is 0.396 e. The summed E-state index contributed by atoms with van der Waals surface area (Å²) in [6.07, 6.45) is 1.35. The van der Waals surface area contributed by atoms with Crippen LogP contribution in [0.25, 0.3) is 0 Å². The summed E-state index contributed by atoms with van der Waals surface area (Å²) in [6.45, 7) is 3.70. The predicted octanol–water partition coefficient (Wildman–Crippen LogP) is 1.68. The highest BCUT2D eigenvalue weighted by molar-refractivity contribution is 6.31. The minimum Gasteiger partial charge on any atom is -0.396 e. The van der Waals surface area contributed by atoms with Crippen LogP contribution in [-0.2, 0) is 6.42 Å². The molecule has 1 saturated heterocycles. The average Bonchev–Trinajstić information content (AvgIpc) is 2.40. The number of hydrogen-bond acceptors (Lipinski definition) is 3. The molecule has 0 saturated carbocycles. The zero-order valence-electron chi connectivity index (χ0n) is 10.9. The molecule has 0 bridgehead atoms. The Morgan fingerprint density at radius 2 is 2.32 bits per heavy atom. The summed E-state index contributed by atoms with van der Waals surface area (Å²) in [4.78, 5) is 2.30. The maximum atomic E-state index is 13.7. The Hall–Kier alpha value is -0.680. The van der Waals surface area contributed by atoms with E-state index in [2.05, 4.69) is 10.2 Å². The van der Waals surface area contributed by atoms with Gasteiger partial charge in [-0.3, -0.25) is 4.90 Å². The third kappa shape index (κ3) is 3.89. The van der Waals surface area contributed by atoms with Crippen molar-refractivity contribution in [3.8, 4) is 0 Å². The van der Waals surface area contributed by atoms with Crippen LogP contribution < -0.4 is 5.32 Å². The van der Waals surface area contributed by atoms with Gasteiger partial charge in [0.15, 0.2) is 0 Å². The van der Waals surface area contributed by atoms with Crippen molar-refractivity contribution in [1.82, 2.24) is 10.2 Å². The summed E-state index contributed by atoms with van der Waals surface area (Å²) in [5.41, 5.74) is 0.588. The molecule has 1 unspecified atom stereocenters. The van der Waals surface area contributed by atoms with Crippen molar-refractivity contribution in [2.75, 3.05) is 32.8 Å². The van der Waals surface area contributed by atoms with Gasteiger partial charge >= 0.3 is 0 Å². The van der Waals surface area contributed by atoms with Gasteiger partial charge in [0.25, 0.3) is 0 Å². The Morgan fingerprint density at radius 3 is 3.05 bits per heavy atom. The van der Waals surface area contributed by atoms with Gasteiger partial charge in [-0.2, -0.15) is 0 Å². The van der Waals surface area contributed by atoms with Gasteiger partial charge in [0, 0.05) is 49.4 Å². The van der Waals surface area contributed by atoms with E-state index in [-0.39, 0.29) is 12.4 Å². The number of hydrogen-bond donors (Lipinski definition) is 2. The van der Waals surface area contributed by atoms with E-state index >= 15 is 0 Å². The fourth-order valence-electron chi connectivity index (χ4n) is 2.56. The zero-order chi connectivity index (χ0) is 13.7. The van der Waals surface area contributed by atoms with E-state index < -0.39 is 0 Å². The van der Waals surface area contributed by atoms with E-state index in [1.165, 1.54) is 6.07 Å². The molecule has 19 heavy (non-hydrogen) atoms. The van der Waals surface area contributed by atoms with Crippen LogP contribution in [0, 0.1) is 5.82 Å². The van der Waals surface area contributed by atoms with E-state index in [0.29, 0.717) is 23.0 Å². The quantitative estimate of drug-likeness (QED) is 0.864. The highest BCUT2D eigenvalue weighted by Crippen LogP contribution is 2.20. The van der Waals surface area contributed by atoms with Gasteiger partial charge in [-0.25, -0.2) is 4.39 Å². The van der Waals surface area contributed by atoms with Crippen molar-refractivity contribution in [3.05, 3.63) is 34.6 Å². The van der Waals surface area contributed by atoms with Gasteiger partial charge in [0.2, 0.25) is 0 Å². The molecule has 1 atom stereocenters. The first kappa shape index (κ1) is 14.7. The highest BCUT2D eigenvalue weighted by Gasteiger charge is 2.21. The molecule has 3 nitrogen and oxygen atoms in total. The molecule has 0 radical (unpaired) electrons. The molecule has 2 rings (SSSR count). The van der Waals surface area contributed by atoms with Gasteiger partial charge in [-0.15, -0.1) is 0 Å². The minimum absolute atomic E-state index is 0.184. The molecule has 5 heteroatoms. The molecule has 0 aromatic heterocycles. The first-order valence-corrected chi connectivity index (χ1v) is 7.08. The summed E-state index contributed by atoms with van der Waals surface area (Å²) in [7, 11) is 0. The van der Waals surface area contributed by atoms with E-state index in [4.69, 9.17) is 16.7 Å². The number of benzene rings is 1. The Morgan fingerprint density at radius 1 is 1.47 bits per heavy atom. The number of rotatable bonds is 5. The zero-order valence-corrected chi connectivity index (χ0v) is 11.7. The molecular weight excluding hydrogens is 267 g/mol. The van der Waals surface area contributed by atoms with E-state index in [1.807, 2.05) is 0 Å². The standard InChI is InChI=1S/C14H20ClFN2O/c15-13-2-1-3-14(16)12(13)4-7-18-8-6-17-10-11(18)5-9-19/h1-3,11,17,19H,4-10H2. The Bertz CT molecular complexity index is 394. The predicted molar refractivity (Wildman–Crippen MR) is 75.0 cm³/mol. The SMILES string of the molecule is OCCC1CNCCN1CCc1c(F)cccc1Cl. The van der Waals surface area contributed by atoms with E-state index in [1.54, 1.807) is 12.1 Å². The second-order valence-electron chi connectivity index (χ2n) is 4.86. The van der Waals surface area contributed by atoms with Crippen molar-refractivity contribution >= 4 is 11.6 Å². The number of aliphatic hydroxyl groups is 1. The molecule has 1 fully saturated rings. The number of halogens is 2. The highest BCUT2D eigenvalue weighted by atomic mass is 35.5. The van der Waals surface area contributed by atoms with Gasteiger partial charge in [0.05, 0.1) is 0 Å². The first-order valence-electron chi connectivity index (χ1n) is 6.71. The topological polar surface area (TPSA) is 35.5 Å². The molecule has 1 aliphatic rings. The molecule has 2 N–H and O–H groups in total. The molecule has 1 aliphatic heterocycles. The van der Waals surface area contributed by atoms with Crippen LogP contribution in [0.3, 0.4) is 0 Å². The van der Waals surface area contributed by atoms with Crippen LogP contribution in [0.2, 0.25) is 5.02 Å². The van der Waals surface area contributed by atoms with Crippen molar-refractivity contribution in [2.24, 2.45) is 0 Å². The van der Waals surface area contributed by atoms with Crippen molar-refractivity contribution in [3.63, 3.8) is 0 Å². The lowest BCUT2D eigenvalue weighted by Gasteiger charge is -2.36. The molecule has 1 heterocycles. The second-order valence-corrected chi connectivity index (χ2v) is 5.26. The van der Waals surface area contributed by atoms with Crippen LogP contribution in [0.15, 0.2) is 18.2 Å². The monoisotopic (exact) mass is 286 g/mol. The summed E-state index contributed by atoms with van der Waals surface area (Å²) in [5, 5.41) is 12.9. The molecular formula is C14H20ClFN2O. The summed E-state index contributed by atoms with van der Waals surface area (Å²) in [6, 6.07) is 5.12. The van der Waals surface area contributed by atoms with Gasteiger partial charge in [-0.1, -0.05) is 17.7 Å². The molecule has 1 aromatic carbocycles. The number of nitrogens with zero attached hydrogens (tertiary/aromatic N) is 1. The lowest BCUT2D eigenvalue weighted by molar-refractivity contribution is 0.131. The Balaban J connectivity index is 1.96. The number of aliphatic hydroxyl groups excluding tert-OH is 1. The average molecular weight is 287 g/mol.